The predicted octanol–water partition coefficient (Wildman–Crippen LogP) is 5.61. The first-order valence-electron chi connectivity index (χ1n) is 10.7. The Hall–Kier alpha value is -2.32. The first kappa shape index (κ1) is 21.9. The highest BCUT2D eigenvalue weighted by Gasteiger charge is 2.28. The summed E-state index contributed by atoms with van der Waals surface area (Å²) in [4.78, 5) is 12.9. The summed E-state index contributed by atoms with van der Waals surface area (Å²) in [5.41, 5.74) is 0.869. The van der Waals surface area contributed by atoms with Gasteiger partial charge in [-0.25, -0.2) is 4.68 Å². The number of thioether (sulfide) groups is 1. The third kappa shape index (κ3) is 4.65. The molecule has 2 aromatic heterocycles. The number of anilines is 1. The molecule has 0 aliphatic heterocycles. The van der Waals surface area contributed by atoms with Crippen molar-refractivity contribution in [1.82, 2.24) is 24.5 Å². The number of benzene rings is 1. The van der Waals surface area contributed by atoms with Gasteiger partial charge in [0.2, 0.25) is 5.91 Å². The van der Waals surface area contributed by atoms with E-state index >= 15 is 0 Å². The smallest absolute Gasteiger partial charge is 0.238 e. The van der Waals surface area contributed by atoms with Crippen LogP contribution in [-0.4, -0.2) is 35.7 Å². The van der Waals surface area contributed by atoms with Crippen LogP contribution in [0.2, 0.25) is 5.02 Å². The third-order valence-electron chi connectivity index (χ3n) is 5.53. The Morgan fingerprint density at radius 3 is 2.61 bits per heavy atom. The van der Waals surface area contributed by atoms with E-state index < -0.39 is 0 Å². The Bertz CT molecular complexity index is 1060. The van der Waals surface area contributed by atoms with Crippen LogP contribution in [0.5, 0.6) is 0 Å². The van der Waals surface area contributed by atoms with E-state index in [0.29, 0.717) is 16.9 Å². The first-order valence-corrected chi connectivity index (χ1v) is 11.9. The maximum Gasteiger partial charge on any atom is 0.238 e. The molecule has 1 amide bonds. The summed E-state index contributed by atoms with van der Waals surface area (Å²) in [5, 5.41) is 17.3. The van der Waals surface area contributed by atoms with Crippen molar-refractivity contribution in [2.75, 3.05) is 5.32 Å². The molecule has 0 spiro atoms. The van der Waals surface area contributed by atoms with Crippen molar-refractivity contribution in [3.8, 4) is 11.4 Å². The fourth-order valence-electron chi connectivity index (χ4n) is 3.94. The molecule has 164 valence electrons. The number of carbonyl (C=O) groups is 1. The lowest BCUT2D eigenvalue weighted by Crippen LogP contribution is -2.25. The molecule has 4 rings (SSSR count). The van der Waals surface area contributed by atoms with Crippen molar-refractivity contribution in [3.63, 3.8) is 0 Å². The molecule has 0 saturated heterocycles. The second kappa shape index (κ2) is 9.44. The van der Waals surface area contributed by atoms with Crippen LogP contribution in [0.1, 0.15) is 58.5 Å². The molecule has 0 unspecified atom stereocenters. The van der Waals surface area contributed by atoms with E-state index in [4.69, 9.17) is 11.6 Å². The number of hydrogen-bond donors (Lipinski definition) is 1. The van der Waals surface area contributed by atoms with E-state index in [-0.39, 0.29) is 17.2 Å². The zero-order valence-corrected chi connectivity index (χ0v) is 19.5. The van der Waals surface area contributed by atoms with Crippen LogP contribution >= 0.6 is 23.4 Å². The van der Waals surface area contributed by atoms with Gasteiger partial charge < -0.3 is 5.32 Å². The molecule has 2 heterocycles. The van der Waals surface area contributed by atoms with E-state index in [9.17, 15) is 4.79 Å². The second-order valence-electron chi connectivity index (χ2n) is 8.10. The highest BCUT2D eigenvalue weighted by Crippen LogP contribution is 2.39. The van der Waals surface area contributed by atoms with Crippen molar-refractivity contribution in [2.45, 2.75) is 68.9 Å². The van der Waals surface area contributed by atoms with Crippen molar-refractivity contribution in [1.29, 1.82) is 0 Å². The van der Waals surface area contributed by atoms with Gasteiger partial charge in [-0.15, -0.1) is 10.2 Å². The molecule has 1 saturated carbocycles. The van der Waals surface area contributed by atoms with E-state index in [1.165, 1.54) is 24.6 Å². The zero-order valence-electron chi connectivity index (χ0n) is 18.0. The lowest BCUT2D eigenvalue weighted by atomic mass is 10.2. The Morgan fingerprint density at radius 2 is 1.90 bits per heavy atom. The van der Waals surface area contributed by atoms with Gasteiger partial charge in [0.1, 0.15) is 5.82 Å². The molecule has 0 radical (unpaired) electrons. The maximum absolute atomic E-state index is 12.9. The molecule has 1 aliphatic rings. The van der Waals surface area contributed by atoms with Gasteiger partial charge in [-0.3, -0.25) is 9.36 Å². The summed E-state index contributed by atoms with van der Waals surface area (Å²) in [6, 6.07) is 9.99. The van der Waals surface area contributed by atoms with E-state index in [0.717, 1.165) is 29.4 Å². The highest BCUT2D eigenvalue weighted by molar-refractivity contribution is 8.00. The molecule has 1 aromatic carbocycles. The van der Waals surface area contributed by atoms with Gasteiger partial charge >= 0.3 is 0 Å². The molecule has 9 heteroatoms. The molecule has 3 aromatic rings. The zero-order chi connectivity index (χ0) is 22.0. The summed E-state index contributed by atoms with van der Waals surface area (Å²) in [6.07, 6.45) is 6.22. The van der Waals surface area contributed by atoms with Gasteiger partial charge in [0.25, 0.3) is 0 Å². The largest absolute Gasteiger partial charge is 0.310 e. The number of halogens is 1. The number of amides is 1. The molecule has 1 aliphatic carbocycles. The quantitative estimate of drug-likeness (QED) is 0.465. The number of rotatable bonds is 7. The van der Waals surface area contributed by atoms with Gasteiger partial charge in [-0.1, -0.05) is 48.3 Å². The molecule has 1 fully saturated rings. The number of hydrogen-bond acceptors (Lipinski definition) is 5. The van der Waals surface area contributed by atoms with Crippen LogP contribution < -0.4 is 5.32 Å². The van der Waals surface area contributed by atoms with E-state index in [2.05, 4.69) is 25.2 Å². The average Bonchev–Trinajstić information content (AvgIpc) is 3.48. The van der Waals surface area contributed by atoms with Crippen molar-refractivity contribution < 1.29 is 4.79 Å². The summed E-state index contributed by atoms with van der Waals surface area (Å²) < 4.78 is 3.98. The summed E-state index contributed by atoms with van der Waals surface area (Å²) in [7, 11) is 0. The van der Waals surface area contributed by atoms with Gasteiger partial charge in [0.05, 0.1) is 16.5 Å². The minimum atomic E-state index is -0.348. The normalized spacial score (nSPS) is 15.5. The van der Waals surface area contributed by atoms with Crippen LogP contribution in [0.25, 0.3) is 11.4 Å². The fraction of sp³-hybridized carbons (Fsp3) is 0.455. The second-order valence-corrected chi connectivity index (χ2v) is 9.81. The Morgan fingerprint density at radius 1 is 1.16 bits per heavy atom. The summed E-state index contributed by atoms with van der Waals surface area (Å²) in [5.74, 6) is 1.37. The van der Waals surface area contributed by atoms with Gasteiger partial charge in [0.15, 0.2) is 11.0 Å². The highest BCUT2D eigenvalue weighted by atomic mass is 35.5. The molecular formula is C22H27ClN6OS. The minimum Gasteiger partial charge on any atom is -0.310 e. The summed E-state index contributed by atoms with van der Waals surface area (Å²) >= 11 is 7.89. The summed E-state index contributed by atoms with van der Waals surface area (Å²) in [6.45, 7) is 5.95. The van der Waals surface area contributed by atoms with Crippen LogP contribution in [0, 0.1) is 0 Å². The Kier molecular flexibility index (Phi) is 6.67. The SMILES string of the molecule is CC(C)n1nccc1NC(=O)[C@@H](C)Sc1nnc(-c2ccccc2Cl)n1C1CCCC1. The van der Waals surface area contributed by atoms with Crippen LogP contribution in [-0.2, 0) is 4.79 Å². The van der Waals surface area contributed by atoms with Crippen molar-refractivity contribution in [3.05, 3.63) is 41.6 Å². The van der Waals surface area contributed by atoms with Crippen LogP contribution in [0.3, 0.4) is 0 Å². The number of nitrogens with zero attached hydrogens (tertiary/aromatic N) is 5. The number of aromatic nitrogens is 5. The molecule has 1 atom stereocenters. The minimum absolute atomic E-state index is 0.0901. The van der Waals surface area contributed by atoms with E-state index in [1.54, 1.807) is 10.9 Å². The van der Waals surface area contributed by atoms with Gasteiger partial charge in [0, 0.05) is 23.7 Å². The first-order chi connectivity index (χ1) is 15.0. The monoisotopic (exact) mass is 458 g/mol. The molecular weight excluding hydrogens is 432 g/mol. The van der Waals surface area contributed by atoms with Gasteiger partial charge in [-0.2, -0.15) is 5.10 Å². The number of carbonyl (C=O) groups excluding carboxylic acids is 1. The van der Waals surface area contributed by atoms with Crippen molar-refractivity contribution >= 4 is 35.1 Å². The van der Waals surface area contributed by atoms with E-state index in [1.807, 2.05) is 51.1 Å². The van der Waals surface area contributed by atoms with Crippen LogP contribution in [0.15, 0.2) is 41.7 Å². The topological polar surface area (TPSA) is 77.6 Å². The average molecular weight is 459 g/mol. The predicted molar refractivity (Wildman–Crippen MR) is 125 cm³/mol. The lowest BCUT2D eigenvalue weighted by molar-refractivity contribution is -0.115. The molecule has 7 nitrogen and oxygen atoms in total. The van der Waals surface area contributed by atoms with Gasteiger partial charge in [-0.05, 0) is 45.7 Å². The standard InChI is InChI=1S/C22H27ClN6OS/c1-14(2)29-19(12-13-24-29)25-21(30)15(3)31-22-27-26-20(17-10-6-7-11-18(17)23)28(22)16-8-4-5-9-16/h6-7,10-16H,4-5,8-9H2,1-3H3,(H,25,30)/t15-/m1/s1. The number of nitrogens with one attached hydrogen (secondary N) is 1. The molecule has 1 N–H and O–H groups in total. The third-order valence-corrected chi connectivity index (χ3v) is 6.92. The lowest BCUT2D eigenvalue weighted by Gasteiger charge is -2.19. The maximum atomic E-state index is 12.9. The van der Waals surface area contributed by atoms with Crippen molar-refractivity contribution in [2.24, 2.45) is 0 Å². The Labute approximate surface area is 191 Å². The van der Waals surface area contributed by atoms with Crippen LogP contribution in [0.4, 0.5) is 5.82 Å². The molecule has 0 bridgehead atoms. The Balaban J connectivity index is 1.58. The fourth-order valence-corrected chi connectivity index (χ4v) is 5.08. The molecule has 31 heavy (non-hydrogen) atoms.